The first kappa shape index (κ1) is 14.7. The van der Waals surface area contributed by atoms with Crippen molar-refractivity contribution in [1.82, 2.24) is 0 Å². The van der Waals surface area contributed by atoms with Gasteiger partial charge in [-0.25, -0.2) is 0 Å². The van der Waals surface area contributed by atoms with E-state index in [-0.39, 0.29) is 18.1 Å². The van der Waals surface area contributed by atoms with Gasteiger partial charge in [-0.05, 0) is 25.0 Å². The van der Waals surface area contributed by atoms with Crippen LogP contribution in [0.5, 0.6) is 5.75 Å². The van der Waals surface area contributed by atoms with Gasteiger partial charge in [-0.3, -0.25) is 14.9 Å². The minimum atomic E-state index is -0.405. The zero-order valence-corrected chi connectivity index (χ0v) is 11.4. The van der Waals surface area contributed by atoms with E-state index in [9.17, 15) is 14.9 Å². The van der Waals surface area contributed by atoms with Crippen molar-refractivity contribution in [2.75, 3.05) is 0 Å². The Kier molecular flexibility index (Phi) is 5.04. The van der Waals surface area contributed by atoms with E-state index in [0.29, 0.717) is 24.2 Å². The Labute approximate surface area is 122 Å². The second kappa shape index (κ2) is 7.19. The van der Waals surface area contributed by atoms with Crippen LogP contribution in [0.4, 0.5) is 5.69 Å². The molecule has 0 aliphatic carbocycles. The predicted octanol–water partition coefficient (Wildman–Crippen LogP) is 3.52. The maximum atomic E-state index is 11.7. The van der Waals surface area contributed by atoms with Gasteiger partial charge in [0.2, 0.25) is 0 Å². The maximum absolute atomic E-state index is 11.7. The third-order valence-corrected chi connectivity index (χ3v) is 2.99. The molecule has 0 aromatic heterocycles. The lowest BCUT2D eigenvalue weighted by Crippen LogP contribution is -2.08. The molecule has 0 aliphatic rings. The highest BCUT2D eigenvalue weighted by molar-refractivity contribution is 5.72. The van der Waals surface area contributed by atoms with Crippen molar-refractivity contribution in [3.05, 3.63) is 70.3 Å². The summed E-state index contributed by atoms with van der Waals surface area (Å²) in [6, 6.07) is 15.4. The van der Waals surface area contributed by atoms with E-state index in [1.807, 2.05) is 6.07 Å². The Morgan fingerprint density at radius 1 is 1.05 bits per heavy atom. The summed E-state index contributed by atoms with van der Waals surface area (Å²) in [7, 11) is 0. The highest BCUT2D eigenvalue weighted by atomic mass is 16.6. The molecule has 0 aliphatic heterocycles. The molecule has 0 amide bonds. The predicted molar refractivity (Wildman–Crippen MR) is 78.1 cm³/mol. The number of nitro groups is 1. The topological polar surface area (TPSA) is 69.4 Å². The summed E-state index contributed by atoms with van der Waals surface area (Å²) in [6.07, 6.45) is 1.21. The Bertz CT molecular complexity index is 625. The summed E-state index contributed by atoms with van der Waals surface area (Å²) in [5.41, 5.74) is 0.726. The van der Waals surface area contributed by atoms with E-state index >= 15 is 0 Å². The molecule has 5 heteroatoms. The van der Waals surface area contributed by atoms with E-state index in [0.717, 1.165) is 0 Å². The van der Waals surface area contributed by atoms with E-state index in [1.165, 1.54) is 6.07 Å². The number of esters is 1. The molecule has 0 unspecified atom stereocenters. The van der Waals surface area contributed by atoms with Crippen molar-refractivity contribution in [2.45, 2.75) is 19.3 Å². The number of hydrogen-bond acceptors (Lipinski definition) is 4. The summed E-state index contributed by atoms with van der Waals surface area (Å²) >= 11 is 0. The van der Waals surface area contributed by atoms with Crippen molar-refractivity contribution < 1.29 is 14.5 Å². The Balaban J connectivity index is 1.84. The smallest absolute Gasteiger partial charge is 0.311 e. The molecule has 2 aromatic rings. The molecule has 0 bridgehead atoms. The number of rotatable bonds is 6. The fraction of sp³-hybridized carbons (Fsp3) is 0.188. The lowest BCUT2D eigenvalue weighted by atomic mass is 10.1. The Morgan fingerprint density at radius 2 is 1.71 bits per heavy atom. The van der Waals surface area contributed by atoms with Gasteiger partial charge in [0.05, 0.1) is 4.92 Å². The molecule has 0 atom stereocenters. The van der Waals surface area contributed by atoms with Crippen molar-refractivity contribution in [3.8, 4) is 5.75 Å². The van der Waals surface area contributed by atoms with Gasteiger partial charge in [0.25, 0.3) is 5.69 Å². The van der Waals surface area contributed by atoms with Gasteiger partial charge >= 0.3 is 5.97 Å². The third-order valence-electron chi connectivity index (χ3n) is 2.99. The molecule has 2 aromatic carbocycles. The fourth-order valence-electron chi connectivity index (χ4n) is 1.99. The molecule has 5 nitrogen and oxygen atoms in total. The summed E-state index contributed by atoms with van der Waals surface area (Å²) < 4.78 is 5.16. The van der Waals surface area contributed by atoms with Crippen LogP contribution < -0.4 is 4.74 Å². The molecule has 0 N–H and O–H groups in total. The van der Waals surface area contributed by atoms with Crippen molar-refractivity contribution in [2.24, 2.45) is 0 Å². The summed E-state index contributed by atoms with van der Waals surface area (Å²) in [4.78, 5) is 22.1. The van der Waals surface area contributed by atoms with E-state index in [2.05, 4.69) is 0 Å². The van der Waals surface area contributed by atoms with Crippen LogP contribution in [0.3, 0.4) is 0 Å². The fourth-order valence-corrected chi connectivity index (χ4v) is 1.99. The molecular weight excluding hydrogens is 270 g/mol. The number of ether oxygens (including phenoxy) is 1. The third kappa shape index (κ3) is 4.42. The van der Waals surface area contributed by atoms with Gasteiger partial charge in [-0.1, -0.05) is 36.4 Å². The molecule has 2 rings (SSSR count). The molecule has 0 saturated carbocycles. The first-order valence-corrected chi connectivity index (χ1v) is 6.65. The minimum Gasteiger partial charge on any atom is -0.427 e. The number of nitro benzene ring substituents is 1. The second-order valence-electron chi connectivity index (χ2n) is 4.53. The number of hydrogen-bond donors (Lipinski definition) is 0. The van der Waals surface area contributed by atoms with E-state index in [4.69, 9.17) is 4.74 Å². The molecule has 0 fully saturated rings. The van der Waals surface area contributed by atoms with Gasteiger partial charge < -0.3 is 4.74 Å². The Hall–Kier alpha value is -2.69. The molecule has 108 valence electrons. The number of benzene rings is 2. The minimum absolute atomic E-state index is 0.0916. The van der Waals surface area contributed by atoms with E-state index < -0.39 is 4.92 Å². The van der Waals surface area contributed by atoms with Crippen molar-refractivity contribution >= 4 is 11.7 Å². The molecule has 0 heterocycles. The average Bonchev–Trinajstić information content (AvgIpc) is 2.48. The second-order valence-corrected chi connectivity index (χ2v) is 4.53. The molecule has 0 radical (unpaired) electrons. The van der Waals surface area contributed by atoms with Crippen LogP contribution >= 0.6 is 0 Å². The van der Waals surface area contributed by atoms with Crippen LogP contribution in [-0.4, -0.2) is 10.9 Å². The van der Waals surface area contributed by atoms with Gasteiger partial charge in [0, 0.05) is 18.1 Å². The number of carbonyl (C=O) groups is 1. The zero-order valence-electron chi connectivity index (χ0n) is 11.4. The summed E-state index contributed by atoms with van der Waals surface area (Å²) in [5.74, 6) is 0.174. The van der Waals surface area contributed by atoms with Crippen LogP contribution in [0.15, 0.2) is 54.6 Å². The lowest BCUT2D eigenvalue weighted by molar-refractivity contribution is -0.385. The average molecular weight is 285 g/mol. The number of carbonyl (C=O) groups excluding carboxylic acids is 1. The molecule has 0 spiro atoms. The lowest BCUT2D eigenvalue weighted by Gasteiger charge is -2.04. The monoisotopic (exact) mass is 285 g/mol. The highest BCUT2D eigenvalue weighted by Gasteiger charge is 2.12. The summed E-state index contributed by atoms with van der Waals surface area (Å²) in [6.45, 7) is 0. The maximum Gasteiger partial charge on any atom is 0.311 e. The van der Waals surface area contributed by atoms with Crippen LogP contribution in [-0.2, 0) is 11.2 Å². The first-order chi connectivity index (χ1) is 10.2. The van der Waals surface area contributed by atoms with Crippen LogP contribution in [0.25, 0.3) is 0 Å². The van der Waals surface area contributed by atoms with Gasteiger partial charge in [0.1, 0.15) is 5.75 Å². The van der Waals surface area contributed by atoms with Crippen LogP contribution in [0.2, 0.25) is 0 Å². The van der Waals surface area contributed by atoms with Crippen molar-refractivity contribution in [3.63, 3.8) is 0 Å². The highest BCUT2D eigenvalue weighted by Crippen LogP contribution is 2.20. The van der Waals surface area contributed by atoms with Crippen LogP contribution in [0, 0.1) is 10.1 Å². The van der Waals surface area contributed by atoms with Gasteiger partial charge in [-0.2, -0.15) is 0 Å². The molecule has 21 heavy (non-hydrogen) atoms. The Morgan fingerprint density at radius 3 is 2.43 bits per heavy atom. The normalized spacial score (nSPS) is 10.1. The summed E-state index contributed by atoms with van der Waals surface area (Å²) in [5, 5.41) is 10.9. The number of para-hydroxylation sites is 2. The standard InChI is InChI=1S/C16H15NO4/c18-16(21-14-9-2-1-3-10-14)12-6-8-13-7-4-5-11-15(13)17(19)20/h1-5,7,9-11H,6,8,12H2. The number of nitrogens with zero attached hydrogens (tertiary/aromatic N) is 1. The zero-order chi connectivity index (χ0) is 15.1. The first-order valence-electron chi connectivity index (χ1n) is 6.65. The number of aryl methyl sites for hydroxylation is 1. The van der Waals surface area contributed by atoms with E-state index in [1.54, 1.807) is 42.5 Å². The van der Waals surface area contributed by atoms with Gasteiger partial charge in [0.15, 0.2) is 0 Å². The van der Waals surface area contributed by atoms with Crippen molar-refractivity contribution in [1.29, 1.82) is 0 Å². The van der Waals surface area contributed by atoms with Crippen LogP contribution in [0.1, 0.15) is 18.4 Å². The largest absolute Gasteiger partial charge is 0.427 e. The van der Waals surface area contributed by atoms with Gasteiger partial charge in [-0.15, -0.1) is 0 Å². The molecular formula is C16H15NO4. The molecule has 0 saturated heterocycles. The quantitative estimate of drug-likeness (QED) is 0.352. The SMILES string of the molecule is O=C(CCCc1ccccc1[N+](=O)[O-])Oc1ccccc1.